The number of furan rings is 1. The molecule has 20 heavy (non-hydrogen) atoms. The minimum Gasteiger partial charge on any atom is -0.450 e. The van der Waals surface area contributed by atoms with Gasteiger partial charge in [-0.25, -0.2) is 13.4 Å². The summed E-state index contributed by atoms with van der Waals surface area (Å²) in [6.07, 6.45) is 0. The molecule has 110 valence electrons. The molecule has 9 heteroatoms. The monoisotopic (exact) mass is 380 g/mol. The summed E-state index contributed by atoms with van der Waals surface area (Å²) in [6.45, 7) is 3.59. The van der Waals surface area contributed by atoms with Crippen LogP contribution in [-0.4, -0.2) is 18.5 Å². The second-order valence-corrected chi connectivity index (χ2v) is 7.58. The first kappa shape index (κ1) is 15.5. The lowest BCUT2D eigenvalue weighted by Crippen LogP contribution is -2.12. The van der Waals surface area contributed by atoms with Gasteiger partial charge in [0.1, 0.15) is 17.3 Å². The number of rotatable bonds is 5. The van der Waals surface area contributed by atoms with E-state index >= 15 is 0 Å². The number of aromatic nitrogens is 1. The molecule has 0 aromatic carbocycles. The van der Waals surface area contributed by atoms with E-state index < -0.39 is 10.0 Å². The Balaban J connectivity index is 2.28. The average molecular weight is 381 g/mol. The van der Waals surface area contributed by atoms with Crippen molar-refractivity contribution in [2.24, 2.45) is 0 Å². The van der Waals surface area contributed by atoms with E-state index in [0.29, 0.717) is 5.13 Å². The van der Waals surface area contributed by atoms with Crippen LogP contribution in [0.15, 0.2) is 25.4 Å². The molecule has 0 fully saturated rings. The van der Waals surface area contributed by atoms with Gasteiger partial charge in [0.25, 0.3) is 10.0 Å². The lowest BCUT2D eigenvalue weighted by Gasteiger charge is -2.03. The molecule has 0 aliphatic carbocycles. The van der Waals surface area contributed by atoms with E-state index in [4.69, 9.17) is 9.52 Å². The topological polar surface area (TPSA) is 92.4 Å². The number of thiazole rings is 1. The number of sulfonamides is 1. The van der Waals surface area contributed by atoms with Crippen LogP contribution < -0.4 is 4.72 Å². The third-order valence-electron chi connectivity index (χ3n) is 2.49. The lowest BCUT2D eigenvalue weighted by atomic mass is 10.2. The molecule has 0 spiro atoms. The first-order chi connectivity index (χ1) is 9.33. The first-order valence-corrected chi connectivity index (χ1v) is 8.86. The number of aliphatic hydroxyl groups excluding tert-OH is 1. The van der Waals surface area contributed by atoms with Crippen LogP contribution in [0.5, 0.6) is 0 Å². The summed E-state index contributed by atoms with van der Waals surface area (Å²) in [6, 6.07) is 1.27. The fraction of sp³-hybridized carbons (Fsp3) is 0.364. The average Bonchev–Trinajstić information content (AvgIpc) is 2.95. The zero-order valence-electron chi connectivity index (χ0n) is 10.8. The van der Waals surface area contributed by atoms with Crippen molar-refractivity contribution in [3.8, 4) is 0 Å². The number of hydrogen-bond acceptors (Lipinski definition) is 6. The Hall–Kier alpha value is -0.900. The Labute approximate surface area is 129 Å². The molecule has 2 heterocycles. The van der Waals surface area contributed by atoms with Gasteiger partial charge in [0.05, 0.1) is 5.69 Å². The Morgan fingerprint density at radius 2 is 2.25 bits per heavy atom. The van der Waals surface area contributed by atoms with Gasteiger partial charge in [0.2, 0.25) is 0 Å². The van der Waals surface area contributed by atoms with Crippen LogP contribution in [0, 0.1) is 0 Å². The highest BCUT2D eigenvalue weighted by molar-refractivity contribution is 9.10. The summed E-state index contributed by atoms with van der Waals surface area (Å²) >= 11 is 4.24. The van der Waals surface area contributed by atoms with Gasteiger partial charge in [0, 0.05) is 11.4 Å². The number of aliphatic hydroxyl groups is 1. The second kappa shape index (κ2) is 5.84. The van der Waals surface area contributed by atoms with Crippen LogP contribution in [0.4, 0.5) is 5.13 Å². The molecule has 0 bridgehead atoms. The highest BCUT2D eigenvalue weighted by Crippen LogP contribution is 2.29. The zero-order valence-corrected chi connectivity index (χ0v) is 14.0. The summed E-state index contributed by atoms with van der Waals surface area (Å²) < 4.78 is 31.9. The number of nitrogens with zero attached hydrogens (tertiary/aromatic N) is 1. The van der Waals surface area contributed by atoms with Crippen molar-refractivity contribution in [3.05, 3.63) is 27.6 Å². The minimum absolute atomic E-state index is 0.0506. The fourth-order valence-corrected chi connectivity index (χ4v) is 4.55. The predicted molar refractivity (Wildman–Crippen MR) is 79.3 cm³/mol. The summed E-state index contributed by atoms with van der Waals surface area (Å²) in [5.41, 5.74) is 0.829. The van der Waals surface area contributed by atoms with E-state index in [1.165, 1.54) is 17.4 Å². The van der Waals surface area contributed by atoms with Gasteiger partial charge < -0.3 is 9.52 Å². The van der Waals surface area contributed by atoms with Crippen LogP contribution in [0.1, 0.15) is 31.2 Å². The maximum absolute atomic E-state index is 12.2. The normalized spacial score (nSPS) is 12.1. The molecule has 0 aliphatic rings. The van der Waals surface area contributed by atoms with Crippen molar-refractivity contribution in [2.45, 2.75) is 31.3 Å². The number of anilines is 1. The molecular weight excluding hydrogens is 368 g/mol. The Morgan fingerprint density at radius 3 is 2.75 bits per heavy atom. The summed E-state index contributed by atoms with van der Waals surface area (Å²) in [4.78, 5) is 4.14. The van der Waals surface area contributed by atoms with Gasteiger partial charge in [0.15, 0.2) is 9.80 Å². The summed E-state index contributed by atoms with van der Waals surface area (Å²) in [7, 11) is -3.80. The van der Waals surface area contributed by atoms with Gasteiger partial charge >= 0.3 is 0 Å². The largest absolute Gasteiger partial charge is 0.450 e. The highest BCUT2D eigenvalue weighted by atomic mass is 79.9. The molecular formula is C11H13BrN2O4S2. The van der Waals surface area contributed by atoms with Gasteiger partial charge in [-0.15, -0.1) is 11.3 Å². The minimum atomic E-state index is -3.80. The van der Waals surface area contributed by atoms with E-state index in [1.807, 2.05) is 19.2 Å². The standard InChI is InChI=1S/C11H13BrN2O4S2/c1-6(2)8-5-19-11(13-8)14-20(16,17)9-3-7(4-15)18-10(9)12/h3,5-6,15H,4H2,1-2H3,(H,13,14). The smallest absolute Gasteiger partial charge is 0.268 e. The molecule has 0 radical (unpaired) electrons. The molecule has 0 amide bonds. The van der Waals surface area contributed by atoms with Gasteiger partial charge in [-0.1, -0.05) is 13.8 Å². The molecule has 2 aromatic heterocycles. The number of hydrogen-bond donors (Lipinski definition) is 2. The summed E-state index contributed by atoms with van der Waals surface area (Å²) in [5, 5.41) is 11.1. The maximum atomic E-state index is 12.2. The first-order valence-electron chi connectivity index (χ1n) is 5.71. The third kappa shape index (κ3) is 3.22. The van der Waals surface area contributed by atoms with Crippen LogP contribution in [0.3, 0.4) is 0 Å². The maximum Gasteiger partial charge on any atom is 0.268 e. The summed E-state index contributed by atoms with van der Waals surface area (Å²) in [5.74, 6) is 0.394. The van der Waals surface area contributed by atoms with Gasteiger partial charge in [-0.05, 0) is 21.8 Å². The lowest BCUT2D eigenvalue weighted by molar-refractivity contribution is 0.245. The van der Waals surface area contributed by atoms with Gasteiger partial charge in [-0.3, -0.25) is 4.72 Å². The van der Waals surface area contributed by atoms with Crippen molar-refractivity contribution in [2.75, 3.05) is 4.72 Å². The highest BCUT2D eigenvalue weighted by Gasteiger charge is 2.23. The molecule has 0 aliphatic heterocycles. The quantitative estimate of drug-likeness (QED) is 0.831. The molecule has 2 N–H and O–H groups in total. The van der Waals surface area contributed by atoms with Gasteiger partial charge in [-0.2, -0.15) is 0 Å². The van der Waals surface area contributed by atoms with Crippen LogP contribution >= 0.6 is 27.3 Å². The van der Waals surface area contributed by atoms with E-state index in [0.717, 1.165) is 5.69 Å². The molecule has 2 aromatic rings. The van der Waals surface area contributed by atoms with Crippen LogP contribution in [0.2, 0.25) is 0 Å². The van der Waals surface area contributed by atoms with E-state index in [1.54, 1.807) is 0 Å². The van der Waals surface area contributed by atoms with Crippen LogP contribution in [0.25, 0.3) is 0 Å². The molecule has 6 nitrogen and oxygen atoms in total. The number of nitrogens with one attached hydrogen (secondary N) is 1. The number of halogens is 1. The Bertz CT molecular complexity index is 706. The van der Waals surface area contributed by atoms with E-state index in [-0.39, 0.29) is 27.9 Å². The van der Waals surface area contributed by atoms with E-state index in [2.05, 4.69) is 25.6 Å². The van der Waals surface area contributed by atoms with Crippen LogP contribution in [-0.2, 0) is 16.6 Å². The van der Waals surface area contributed by atoms with Crippen molar-refractivity contribution < 1.29 is 17.9 Å². The van der Waals surface area contributed by atoms with E-state index in [9.17, 15) is 8.42 Å². The van der Waals surface area contributed by atoms with Crippen molar-refractivity contribution in [1.29, 1.82) is 0 Å². The zero-order chi connectivity index (χ0) is 14.9. The Kier molecular flexibility index (Phi) is 4.52. The fourth-order valence-electron chi connectivity index (χ4n) is 1.43. The van der Waals surface area contributed by atoms with Crippen molar-refractivity contribution in [3.63, 3.8) is 0 Å². The molecule has 2 rings (SSSR count). The predicted octanol–water partition coefficient (Wildman–Crippen LogP) is 2.92. The van der Waals surface area contributed by atoms with Crippen molar-refractivity contribution >= 4 is 42.4 Å². The molecule has 0 atom stereocenters. The molecule has 0 saturated carbocycles. The third-order valence-corrected chi connectivity index (χ3v) is 5.59. The van der Waals surface area contributed by atoms with Crippen molar-refractivity contribution in [1.82, 2.24) is 4.98 Å². The molecule has 0 unspecified atom stereocenters. The SMILES string of the molecule is CC(C)c1csc(NS(=O)(=O)c2cc(CO)oc2Br)n1. The molecule has 0 saturated heterocycles. The Morgan fingerprint density at radius 1 is 1.55 bits per heavy atom. The second-order valence-electron chi connectivity index (χ2n) is 4.35.